The molecule has 1 aromatic heterocycles. The maximum absolute atomic E-state index is 11.7. The second-order valence-electron chi connectivity index (χ2n) is 3.87. The number of aliphatic hydroxyl groups is 1. The fourth-order valence-electron chi connectivity index (χ4n) is 1.31. The predicted molar refractivity (Wildman–Crippen MR) is 73.1 cm³/mol. The molecule has 8 heteroatoms. The van der Waals surface area contributed by atoms with Gasteiger partial charge in [0.05, 0.1) is 5.75 Å². The molecule has 0 saturated carbocycles. The molecule has 1 heterocycles. The van der Waals surface area contributed by atoms with Crippen LogP contribution in [0.4, 0.5) is 0 Å². The van der Waals surface area contributed by atoms with Gasteiger partial charge in [0.25, 0.3) is 5.91 Å². The number of nitrogens with one attached hydrogen (secondary N) is 1. The van der Waals surface area contributed by atoms with Crippen molar-refractivity contribution in [2.24, 2.45) is 5.14 Å². The van der Waals surface area contributed by atoms with Crippen LogP contribution < -0.4 is 10.5 Å². The molecule has 0 fully saturated rings. The van der Waals surface area contributed by atoms with Crippen molar-refractivity contribution in [2.75, 3.05) is 18.9 Å². The summed E-state index contributed by atoms with van der Waals surface area (Å²) in [7, 11) is -3.50. The van der Waals surface area contributed by atoms with E-state index in [1.807, 2.05) is 0 Å². The molecule has 108 valence electrons. The fraction of sp³-hybridized carbons (Fsp3) is 0.333. The van der Waals surface area contributed by atoms with Crippen LogP contribution in [0.25, 0.3) is 0 Å². The molecule has 0 bridgehead atoms. The summed E-state index contributed by atoms with van der Waals surface area (Å²) in [4.78, 5) is 15.6. The number of rotatable bonds is 5. The predicted octanol–water partition coefficient (Wildman–Crippen LogP) is -1.17. The van der Waals surface area contributed by atoms with Crippen LogP contribution in [-0.4, -0.2) is 43.3 Å². The van der Waals surface area contributed by atoms with E-state index >= 15 is 0 Å². The van der Waals surface area contributed by atoms with E-state index < -0.39 is 15.9 Å². The minimum absolute atomic E-state index is 0.184. The van der Waals surface area contributed by atoms with Crippen LogP contribution in [0.3, 0.4) is 0 Å². The van der Waals surface area contributed by atoms with Crippen LogP contribution in [0.1, 0.15) is 22.5 Å². The van der Waals surface area contributed by atoms with Gasteiger partial charge in [-0.05, 0) is 18.6 Å². The number of pyridine rings is 1. The Morgan fingerprint density at radius 3 is 2.75 bits per heavy atom. The van der Waals surface area contributed by atoms with Crippen LogP contribution in [0.15, 0.2) is 18.3 Å². The molecule has 4 N–H and O–H groups in total. The molecule has 0 aliphatic carbocycles. The van der Waals surface area contributed by atoms with E-state index in [-0.39, 0.29) is 31.0 Å². The lowest BCUT2D eigenvalue weighted by molar-refractivity contribution is 0.0948. The number of aromatic nitrogens is 1. The van der Waals surface area contributed by atoms with Gasteiger partial charge in [0.15, 0.2) is 0 Å². The zero-order valence-corrected chi connectivity index (χ0v) is 11.5. The Morgan fingerprint density at radius 1 is 1.45 bits per heavy atom. The third kappa shape index (κ3) is 6.29. The van der Waals surface area contributed by atoms with Crippen molar-refractivity contribution in [2.45, 2.75) is 6.42 Å². The lowest BCUT2D eigenvalue weighted by Gasteiger charge is -2.04. The van der Waals surface area contributed by atoms with Gasteiger partial charge in [-0.1, -0.05) is 11.8 Å². The highest BCUT2D eigenvalue weighted by Crippen LogP contribution is 1.99. The minimum atomic E-state index is -3.50. The van der Waals surface area contributed by atoms with E-state index in [0.717, 1.165) is 0 Å². The molecule has 0 atom stereocenters. The number of hydrogen-bond acceptors (Lipinski definition) is 5. The highest BCUT2D eigenvalue weighted by molar-refractivity contribution is 7.89. The number of nitrogens with zero attached hydrogens (tertiary/aromatic N) is 1. The Kier molecular flexibility index (Phi) is 6.11. The molecule has 0 saturated heterocycles. The van der Waals surface area contributed by atoms with Crippen LogP contribution in [-0.2, 0) is 10.0 Å². The van der Waals surface area contributed by atoms with Crippen molar-refractivity contribution in [1.29, 1.82) is 0 Å². The van der Waals surface area contributed by atoms with Gasteiger partial charge < -0.3 is 10.4 Å². The Balaban J connectivity index is 2.48. The van der Waals surface area contributed by atoms with Crippen LogP contribution in [0, 0.1) is 11.8 Å². The van der Waals surface area contributed by atoms with Crippen molar-refractivity contribution < 1.29 is 18.3 Å². The summed E-state index contributed by atoms with van der Waals surface area (Å²) in [6.45, 7) is -0.0463. The summed E-state index contributed by atoms with van der Waals surface area (Å²) >= 11 is 0. The summed E-state index contributed by atoms with van der Waals surface area (Å²) in [5.41, 5.74) is 0.792. The van der Waals surface area contributed by atoms with Gasteiger partial charge >= 0.3 is 0 Å². The summed E-state index contributed by atoms with van der Waals surface area (Å²) < 4.78 is 21.4. The molecule has 0 radical (unpaired) electrons. The Bertz CT molecular complexity index is 614. The molecule has 20 heavy (non-hydrogen) atoms. The summed E-state index contributed by atoms with van der Waals surface area (Å²) in [5, 5.41) is 15.9. The highest BCUT2D eigenvalue weighted by Gasteiger charge is 2.07. The summed E-state index contributed by atoms with van der Waals surface area (Å²) in [6.07, 6.45) is 1.66. The first-order valence-electron chi connectivity index (χ1n) is 5.77. The maximum atomic E-state index is 11.7. The summed E-state index contributed by atoms with van der Waals surface area (Å²) in [6, 6.07) is 3.10. The number of sulfonamides is 1. The standard InChI is InChI=1S/C12H15N3O4S/c13-20(18,19)8-2-6-14-12(17)11-5-4-10(9-15-11)3-1-7-16/h4-5,9,16H,2,6-8H2,(H,14,17)(H2,13,18,19). The van der Waals surface area contributed by atoms with Gasteiger partial charge in [0.1, 0.15) is 12.3 Å². The van der Waals surface area contributed by atoms with Gasteiger partial charge in [-0.15, -0.1) is 0 Å². The van der Waals surface area contributed by atoms with E-state index in [2.05, 4.69) is 22.1 Å². The second kappa shape index (κ2) is 7.59. The van der Waals surface area contributed by atoms with Gasteiger partial charge in [0.2, 0.25) is 10.0 Å². The van der Waals surface area contributed by atoms with E-state index in [9.17, 15) is 13.2 Å². The molecule has 0 aromatic carbocycles. The third-order valence-corrected chi connectivity index (χ3v) is 3.06. The molecule has 0 spiro atoms. The topological polar surface area (TPSA) is 122 Å². The van der Waals surface area contributed by atoms with Crippen molar-refractivity contribution in [3.63, 3.8) is 0 Å². The van der Waals surface area contributed by atoms with Crippen LogP contribution >= 0.6 is 0 Å². The largest absolute Gasteiger partial charge is 0.384 e. The number of carbonyl (C=O) groups excluding carboxylic acids is 1. The number of primary sulfonamides is 1. The lowest BCUT2D eigenvalue weighted by Crippen LogP contribution is -2.27. The number of carbonyl (C=O) groups is 1. The molecule has 1 rings (SSSR count). The molecule has 0 aliphatic heterocycles. The maximum Gasteiger partial charge on any atom is 0.269 e. The molecule has 1 amide bonds. The van der Waals surface area contributed by atoms with Gasteiger partial charge in [-0.25, -0.2) is 18.5 Å². The average molecular weight is 297 g/mol. The Hall–Kier alpha value is -1.95. The van der Waals surface area contributed by atoms with E-state index in [1.165, 1.54) is 12.3 Å². The molecule has 0 aliphatic rings. The Morgan fingerprint density at radius 2 is 2.20 bits per heavy atom. The van der Waals surface area contributed by atoms with E-state index in [1.54, 1.807) is 6.07 Å². The second-order valence-corrected chi connectivity index (χ2v) is 5.60. The SMILES string of the molecule is NS(=O)(=O)CCCNC(=O)c1ccc(C#CCO)cn1. The van der Waals surface area contributed by atoms with Crippen molar-refractivity contribution >= 4 is 15.9 Å². The van der Waals surface area contributed by atoms with Gasteiger partial charge in [-0.2, -0.15) is 0 Å². The quantitative estimate of drug-likeness (QED) is 0.467. The van der Waals surface area contributed by atoms with Crippen LogP contribution in [0.2, 0.25) is 0 Å². The van der Waals surface area contributed by atoms with Gasteiger partial charge in [-0.3, -0.25) is 4.79 Å². The molecule has 0 unspecified atom stereocenters. The number of aliphatic hydroxyl groups excluding tert-OH is 1. The van der Waals surface area contributed by atoms with Crippen molar-refractivity contribution in [3.8, 4) is 11.8 Å². The van der Waals surface area contributed by atoms with Crippen molar-refractivity contribution in [1.82, 2.24) is 10.3 Å². The molecule has 1 aromatic rings. The van der Waals surface area contributed by atoms with E-state index in [0.29, 0.717) is 5.56 Å². The monoisotopic (exact) mass is 297 g/mol. The van der Waals surface area contributed by atoms with E-state index in [4.69, 9.17) is 10.2 Å². The number of nitrogens with two attached hydrogens (primary N) is 1. The fourth-order valence-corrected chi connectivity index (χ4v) is 1.86. The normalized spacial score (nSPS) is 10.5. The lowest BCUT2D eigenvalue weighted by atomic mass is 10.2. The van der Waals surface area contributed by atoms with Crippen LogP contribution in [0.5, 0.6) is 0 Å². The number of amides is 1. The molecular formula is C12H15N3O4S. The minimum Gasteiger partial charge on any atom is -0.384 e. The summed E-state index contributed by atoms with van der Waals surface area (Å²) in [5.74, 6) is 4.53. The Labute approximate surface area is 117 Å². The van der Waals surface area contributed by atoms with Crippen molar-refractivity contribution in [3.05, 3.63) is 29.6 Å². The molecular weight excluding hydrogens is 282 g/mol. The average Bonchev–Trinajstić information content (AvgIpc) is 2.40. The smallest absolute Gasteiger partial charge is 0.269 e. The zero-order valence-electron chi connectivity index (χ0n) is 10.7. The highest BCUT2D eigenvalue weighted by atomic mass is 32.2. The first-order valence-corrected chi connectivity index (χ1v) is 7.48. The molecule has 7 nitrogen and oxygen atoms in total. The number of hydrogen-bond donors (Lipinski definition) is 3. The zero-order chi connectivity index (χ0) is 15.0. The first kappa shape index (κ1) is 16.1. The third-order valence-electron chi connectivity index (χ3n) is 2.20. The van der Waals surface area contributed by atoms with Gasteiger partial charge in [0, 0.05) is 18.3 Å². The first-order chi connectivity index (χ1) is 9.42.